The predicted octanol–water partition coefficient (Wildman–Crippen LogP) is 4.26. The summed E-state index contributed by atoms with van der Waals surface area (Å²) in [5, 5.41) is 0. The number of nitrogens with zero attached hydrogens (tertiary/aromatic N) is 1. The molecule has 1 fully saturated rings. The van der Waals surface area contributed by atoms with Crippen molar-refractivity contribution in [2.75, 3.05) is 11.4 Å². The van der Waals surface area contributed by atoms with Crippen LogP contribution in [0.15, 0.2) is 18.2 Å². The van der Waals surface area contributed by atoms with Gasteiger partial charge in [-0.1, -0.05) is 38.9 Å². The summed E-state index contributed by atoms with van der Waals surface area (Å²) in [6, 6.07) is 5.80. The van der Waals surface area contributed by atoms with Crippen molar-refractivity contribution >= 4 is 22.9 Å². The first-order valence-corrected chi connectivity index (χ1v) is 8.26. The van der Waals surface area contributed by atoms with Crippen molar-refractivity contribution in [3.8, 4) is 0 Å². The van der Waals surface area contributed by atoms with Crippen LogP contribution in [0.5, 0.6) is 0 Å². The second-order valence-electron chi connectivity index (χ2n) is 6.34. The molecule has 0 aromatic heterocycles. The molecule has 2 nitrogen and oxygen atoms in total. The fourth-order valence-electron chi connectivity index (χ4n) is 3.02. The van der Waals surface area contributed by atoms with Gasteiger partial charge in [0.25, 0.3) is 0 Å². The monoisotopic (exact) mass is 308 g/mol. The molecule has 1 aromatic carbocycles. The fourth-order valence-corrected chi connectivity index (χ4v) is 3.18. The van der Waals surface area contributed by atoms with Crippen LogP contribution in [-0.2, 0) is 0 Å². The normalized spacial score (nSPS) is 15.6. The van der Waals surface area contributed by atoms with Crippen LogP contribution >= 0.6 is 12.2 Å². The molecule has 0 unspecified atom stereocenters. The summed E-state index contributed by atoms with van der Waals surface area (Å²) in [5.41, 5.74) is 6.83. The standard InChI is InChI=1S/C17H25FN2S/c1-12(2)9-10-20(13-5-3-4-6-13)14-7-8-15(17(19)21)16(18)11-14/h7-8,11-13H,3-6,9-10H2,1-2H3,(H2,19,21). The van der Waals surface area contributed by atoms with Crippen LogP contribution in [0.4, 0.5) is 10.1 Å². The number of hydrogen-bond donors (Lipinski definition) is 1. The maximum Gasteiger partial charge on any atom is 0.135 e. The van der Waals surface area contributed by atoms with Gasteiger partial charge in [-0.25, -0.2) is 4.39 Å². The molecule has 0 atom stereocenters. The van der Waals surface area contributed by atoms with E-state index in [1.165, 1.54) is 25.7 Å². The van der Waals surface area contributed by atoms with Crippen LogP contribution in [-0.4, -0.2) is 17.6 Å². The third-order valence-electron chi connectivity index (χ3n) is 4.26. The molecule has 1 aromatic rings. The Balaban J connectivity index is 2.22. The van der Waals surface area contributed by atoms with E-state index in [0.717, 1.165) is 18.7 Å². The molecule has 4 heteroatoms. The summed E-state index contributed by atoms with van der Waals surface area (Å²) < 4.78 is 14.2. The van der Waals surface area contributed by atoms with Crippen LogP contribution in [0, 0.1) is 11.7 Å². The molecule has 0 amide bonds. The van der Waals surface area contributed by atoms with Crippen molar-refractivity contribution in [2.45, 2.75) is 52.0 Å². The second kappa shape index (κ2) is 7.21. The van der Waals surface area contributed by atoms with E-state index in [2.05, 4.69) is 18.7 Å². The van der Waals surface area contributed by atoms with Crippen LogP contribution in [0.3, 0.4) is 0 Å². The Bertz CT molecular complexity index is 496. The van der Waals surface area contributed by atoms with E-state index in [0.29, 0.717) is 17.5 Å². The van der Waals surface area contributed by atoms with E-state index in [-0.39, 0.29) is 10.8 Å². The Hall–Kier alpha value is -1.16. The number of halogens is 1. The average molecular weight is 308 g/mol. The van der Waals surface area contributed by atoms with E-state index in [1.807, 2.05) is 6.07 Å². The lowest BCUT2D eigenvalue weighted by molar-refractivity contribution is 0.527. The van der Waals surface area contributed by atoms with Gasteiger partial charge in [-0.05, 0) is 43.4 Å². The molecular formula is C17H25FN2S. The number of benzene rings is 1. The molecule has 21 heavy (non-hydrogen) atoms. The summed E-state index contributed by atoms with van der Waals surface area (Å²) in [4.78, 5) is 2.49. The zero-order chi connectivity index (χ0) is 15.4. The maximum atomic E-state index is 14.2. The van der Waals surface area contributed by atoms with Crippen molar-refractivity contribution in [2.24, 2.45) is 11.7 Å². The minimum atomic E-state index is -0.312. The molecule has 0 bridgehead atoms. The summed E-state index contributed by atoms with van der Waals surface area (Å²) in [6.45, 7) is 5.43. The Morgan fingerprint density at radius 1 is 1.38 bits per heavy atom. The van der Waals surface area contributed by atoms with Gasteiger partial charge in [-0.15, -0.1) is 0 Å². The average Bonchev–Trinajstić information content (AvgIpc) is 2.92. The summed E-state index contributed by atoms with van der Waals surface area (Å²) in [6.07, 6.45) is 6.08. The molecule has 0 aliphatic heterocycles. The lowest BCUT2D eigenvalue weighted by Gasteiger charge is -2.32. The first-order valence-electron chi connectivity index (χ1n) is 7.85. The Morgan fingerprint density at radius 2 is 2.05 bits per heavy atom. The number of thiocarbonyl (C=S) groups is 1. The van der Waals surface area contributed by atoms with E-state index in [9.17, 15) is 4.39 Å². The Labute approximate surface area is 132 Å². The highest BCUT2D eigenvalue weighted by molar-refractivity contribution is 7.80. The molecule has 1 aliphatic rings. The molecular weight excluding hydrogens is 283 g/mol. The quantitative estimate of drug-likeness (QED) is 0.796. The highest BCUT2D eigenvalue weighted by atomic mass is 32.1. The van der Waals surface area contributed by atoms with Gasteiger partial charge in [0.05, 0.1) is 0 Å². The predicted molar refractivity (Wildman–Crippen MR) is 91.3 cm³/mol. The second-order valence-corrected chi connectivity index (χ2v) is 6.78. The Morgan fingerprint density at radius 3 is 2.57 bits per heavy atom. The molecule has 2 rings (SSSR count). The highest BCUT2D eigenvalue weighted by Gasteiger charge is 2.23. The molecule has 0 saturated heterocycles. The minimum absolute atomic E-state index is 0.119. The van der Waals surface area contributed by atoms with Gasteiger partial charge in [0.1, 0.15) is 10.8 Å². The van der Waals surface area contributed by atoms with Gasteiger partial charge < -0.3 is 10.6 Å². The molecule has 0 radical (unpaired) electrons. The van der Waals surface area contributed by atoms with Crippen LogP contribution in [0.25, 0.3) is 0 Å². The van der Waals surface area contributed by atoms with E-state index in [4.69, 9.17) is 18.0 Å². The molecule has 0 heterocycles. The SMILES string of the molecule is CC(C)CCN(c1ccc(C(N)=S)c(F)c1)C1CCCC1. The molecule has 1 aliphatic carbocycles. The van der Waals surface area contributed by atoms with Gasteiger partial charge in [-0.3, -0.25) is 0 Å². The first-order chi connectivity index (χ1) is 9.99. The van der Waals surface area contributed by atoms with Gasteiger partial charge in [0.15, 0.2) is 0 Å². The maximum absolute atomic E-state index is 14.2. The van der Waals surface area contributed by atoms with E-state index in [1.54, 1.807) is 12.1 Å². The lowest BCUT2D eigenvalue weighted by atomic mass is 10.1. The first kappa shape index (κ1) is 16.2. The van der Waals surface area contributed by atoms with Crippen molar-refractivity contribution in [3.05, 3.63) is 29.6 Å². The molecule has 116 valence electrons. The Kier molecular flexibility index (Phi) is 5.57. The molecule has 0 spiro atoms. The topological polar surface area (TPSA) is 29.3 Å². The minimum Gasteiger partial charge on any atom is -0.389 e. The number of nitrogens with two attached hydrogens (primary N) is 1. The largest absolute Gasteiger partial charge is 0.389 e. The number of rotatable bonds is 6. The lowest BCUT2D eigenvalue weighted by Crippen LogP contribution is -2.35. The zero-order valence-corrected chi connectivity index (χ0v) is 13.8. The van der Waals surface area contributed by atoms with Crippen LogP contribution in [0.1, 0.15) is 51.5 Å². The summed E-state index contributed by atoms with van der Waals surface area (Å²) in [5.74, 6) is 0.335. The number of hydrogen-bond acceptors (Lipinski definition) is 2. The van der Waals surface area contributed by atoms with E-state index < -0.39 is 0 Å². The summed E-state index contributed by atoms with van der Waals surface area (Å²) in [7, 11) is 0. The van der Waals surface area contributed by atoms with Crippen LogP contribution in [0.2, 0.25) is 0 Å². The fraction of sp³-hybridized carbons (Fsp3) is 0.588. The van der Waals surface area contributed by atoms with Crippen molar-refractivity contribution < 1.29 is 4.39 Å². The molecule has 2 N–H and O–H groups in total. The zero-order valence-electron chi connectivity index (χ0n) is 12.9. The molecule has 1 saturated carbocycles. The highest BCUT2D eigenvalue weighted by Crippen LogP contribution is 2.30. The van der Waals surface area contributed by atoms with Gasteiger partial charge in [-0.2, -0.15) is 0 Å². The number of anilines is 1. The van der Waals surface area contributed by atoms with Gasteiger partial charge in [0.2, 0.25) is 0 Å². The van der Waals surface area contributed by atoms with Crippen molar-refractivity contribution in [1.82, 2.24) is 0 Å². The van der Waals surface area contributed by atoms with Gasteiger partial charge >= 0.3 is 0 Å². The summed E-state index contributed by atoms with van der Waals surface area (Å²) >= 11 is 4.88. The van der Waals surface area contributed by atoms with Crippen molar-refractivity contribution in [1.29, 1.82) is 0 Å². The van der Waals surface area contributed by atoms with E-state index >= 15 is 0 Å². The third kappa shape index (κ3) is 4.16. The third-order valence-corrected chi connectivity index (χ3v) is 4.48. The smallest absolute Gasteiger partial charge is 0.135 e. The van der Waals surface area contributed by atoms with Crippen LogP contribution < -0.4 is 10.6 Å². The van der Waals surface area contributed by atoms with Gasteiger partial charge in [0, 0.05) is 23.8 Å². The van der Waals surface area contributed by atoms with Crippen molar-refractivity contribution in [3.63, 3.8) is 0 Å².